The quantitative estimate of drug-likeness (QED) is 0.746. The molecular weight excluding hydrogens is 232 g/mol. The summed E-state index contributed by atoms with van der Waals surface area (Å²) in [5.41, 5.74) is 5.90. The SMILES string of the molecule is NCc1cc(C(=O)NCC2CCCCC2O)co1. The highest BCUT2D eigenvalue weighted by molar-refractivity contribution is 5.93. The predicted molar refractivity (Wildman–Crippen MR) is 66.9 cm³/mol. The lowest BCUT2D eigenvalue weighted by Gasteiger charge is -2.27. The van der Waals surface area contributed by atoms with Gasteiger partial charge in [0.25, 0.3) is 5.91 Å². The average molecular weight is 252 g/mol. The maximum atomic E-state index is 11.8. The Morgan fingerprint density at radius 3 is 2.94 bits per heavy atom. The molecule has 100 valence electrons. The summed E-state index contributed by atoms with van der Waals surface area (Å²) >= 11 is 0. The fourth-order valence-corrected chi connectivity index (χ4v) is 2.36. The van der Waals surface area contributed by atoms with E-state index in [0.29, 0.717) is 17.9 Å². The standard InChI is InChI=1S/C13H20N2O3/c14-6-11-5-10(8-18-11)13(17)15-7-9-3-1-2-4-12(9)16/h5,8-9,12,16H,1-4,6-7,14H2,(H,15,17). The molecule has 2 unspecified atom stereocenters. The second-order valence-corrected chi connectivity index (χ2v) is 4.83. The maximum absolute atomic E-state index is 11.8. The van der Waals surface area contributed by atoms with E-state index >= 15 is 0 Å². The fraction of sp³-hybridized carbons (Fsp3) is 0.615. The Bertz CT molecular complexity index is 403. The van der Waals surface area contributed by atoms with Gasteiger partial charge in [-0.05, 0) is 18.9 Å². The van der Waals surface area contributed by atoms with E-state index in [1.165, 1.54) is 6.26 Å². The van der Waals surface area contributed by atoms with Crippen LogP contribution in [0.15, 0.2) is 16.7 Å². The van der Waals surface area contributed by atoms with Crippen LogP contribution in [0, 0.1) is 5.92 Å². The molecular formula is C13H20N2O3. The first kappa shape index (κ1) is 13.1. The van der Waals surface area contributed by atoms with Crippen LogP contribution in [0.5, 0.6) is 0 Å². The molecule has 18 heavy (non-hydrogen) atoms. The highest BCUT2D eigenvalue weighted by atomic mass is 16.3. The molecule has 1 aromatic rings. The van der Waals surface area contributed by atoms with E-state index in [-0.39, 0.29) is 24.5 Å². The van der Waals surface area contributed by atoms with Crippen LogP contribution in [-0.4, -0.2) is 23.7 Å². The minimum absolute atomic E-state index is 0.170. The smallest absolute Gasteiger partial charge is 0.254 e. The van der Waals surface area contributed by atoms with Crippen LogP contribution >= 0.6 is 0 Å². The molecule has 0 saturated heterocycles. The van der Waals surface area contributed by atoms with Crippen LogP contribution in [0.3, 0.4) is 0 Å². The number of rotatable bonds is 4. The first-order valence-corrected chi connectivity index (χ1v) is 6.44. The predicted octanol–water partition coefficient (Wildman–Crippen LogP) is 1.02. The van der Waals surface area contributed by atoms with E-state index in [9.17, 15) is 9.90 Å². The van der Waals surface area contributed by atoms with Crippen molar-refractivity contribution in [2.75, 3.05) is 6.54 Å². The summed E-state index contributed by atoms with van der Waals surface area (Å²) in [6.45, 7) is 0.803. The van der Waals surface area contributed by atoms with Gasteiger partial charge in [0.2, 0.25) is 0 Å². The summed E-state index contributed by atoms with van der Waals surface area (Å²) in [6, 6.07) is 1.65. The third-order valence-electron chi connectivity index (χ3n) is 3.51. The average Bonchev–Trinajstić information content (AvgIpc) is 2.86. The lowest BCUT2D eigenvalue weighted by molar-refractivity contribution is 0.0663. The molecule has 1 aliphatic carbocycles. The van der Waals surface area contributed by atoms with Gasteiger partial charge in [-0.2, -0.15) is 0 Å². The van der Waals surface area contributed by atoms with E-state index in [1.807, 2.05) is 0 Å². The second-order valence-electron chi connectivity index (χ2n) is 4.83. The number of nitrogens with two attached hydrogens (primary N) is 1. The topological polar surface area (TPSA) is 88.5 Å². The van der Waals surface area contributed by atoms with Crippen molar-refractivity contribution in [3.63, 3.8) is 0 Å². The third kappa shape index (κ3) is 3.11. The Labute approximate surface area is 106 Å². The summed E-state index contributed by atoms with van der Waals surface area (Å²) in [6.07, 6.45) is 5.13. The monoisotopic (exact) mass is 252 g/mol. The summed E-state index contributed by atoms with van der Waals surface area (Å²) in [5, 5.41) is 12.6. The normalized spacial score (nSPS) is 23.9. The Morgan fingerprint density at radius 2 is 2.28 bits per heavy atom. The molecule has 5 heteroatoms. The molecule has 1 fully saturated rings. The first-order valence-electron chi connectivity index (χ1n) is 6.44. The minimum atomic E-state index is -0.289. The van der Waals surface area contributed by atoms with Crippen LogP contribution in [0.25, 0.3) is 0 Å². The van der Waals surface area contributed by atoms with E-state index in [1.54, 1.807) is 6.07 Å². The first-order chi connectivity index (χ1) is 8.70. The van der Waals surface area contributed by atoms with Gasteiger partial charge >= 0.3 is 0 Å². The highest BCUT2D eigenvalue weighted by Crippen LogP contribution is 2.23. The van der Waals surface area contributed by atoms with Crippen LogP contribution in [0.4, 0.5) is 0 Å². The van der Waals surface area contributed by atoms with Gasteiger partial charge in [-0.1, -0.05) is 12.8 Å². The van der Waals surface area contributed by atoms with Crippen LogP contribution in [0.1, 0.15) is 41.8 Å². The second kappa shape index (κ2) is 6.02. The summed E-state index contributed by atoms with van der Waals surface area (Å²) in [5.74, 6) is 0.595. The molecule has 1 aromatic heterocycles. The van der Waals surface area contributed by atoms with E-state index < -0.39 is 0 Å². The van der Waals surface area contributed by atoms with Crippen molar-refractivity contribution < 1.29 is 14.3 Å². The lowest BCUT2D eigenvalue weighted by Crippen LogP contribution is -2.36. The van der Waals surface area contributed by atoms with E-state index in [4.69, 9.17) is 10.2 Å². The summed E-state index contributed by atoms with van der Waals surface area (Å²) in [7, 11) is 0. The van der Waals surface area contributed by atoms with Crippen molar-refractivity contribution in [2.45, 2.75) is 38.3 Å². The zero-order valence-corrected chi connectivity index (χ0v) is 10.4. The van der Waals surface area contributed by atoms with Crippen molar-refractivity contribution in [3.05, 3.63) is 23.7 Å². The number of hydrogen-bond acceptors (Lipinski definition) is 4. The van der Waals surface area contributed by atoms with Gasteiger partial charge in [0.15, 0.2) is 0 Å². The number of aliphatic hydroxyl groups excluding tert-OH is 1. The summed E-state index contributed by atoms with van der Waals surface area (Å²) in [4.78, 5) is 11.8. The van der Waals surface area contributed by atoms with Crippen molar-refractivity contribution in [2.24, 2.45) is 11.7 Å². The minimum Gasteiger partial charge on any atom is -0.467 e. The molecule has 0 radical (unpaired) electrons. The molecule has 1 amide bonds. The molecule has 0 spiro atoms. The number of hydrogen-bond donors (Lipinski definition) is 3. The van der Waals surface area contributed by atoms with Crippen molar-refractivity contribution in [1.82, 2.24) is 5.32 Å². The van der Waals surface area contributed by atoms with Gasteiger partial charge in [-0.15, -0.1) is 0 Å². The zero-order chi connectivity index (χ0) is 13.0. The Hall–Kier alpha value is -1.33. The molecule has 5 nitrogen and oxygen atoms in total. The van der Waals surface area contributed by atoms with Gasteiger partial charge in [0.1, 0.15) is 12.0 Å². The van der Waals surface area contributed by atoms with Gasteiger partial charge in [-0.3, -0.25) is 4.79 Å². The number of furan rings is 1. The number of aliphatic hydroxyl groups is 1. The van der Waals surface area contributed by atoms with Gasteiger partial charge in [0, 0.05) is 12.5 Å². The Morgan fingerprint density at radius 1 is 1.50 bits per heavy atom. The molecule has 1 heterocycles. The third-order valence-corrected chi connectivity index (χ3v) is 3.51. The van der Waals surface area contributed by atoms with Crippen LogP contribution in [-0.2, 0) is 6.54 Å². The van der Waals surface area contributed by atoms with Gasteiger partial charge in [-0.25, -0.2) is 0 Å². The molecule has 1 saturated carbocycles. The molecule has 0 aromatic carbocycles. The van der Waals surface area contributed by atoms with Crippen LogP contribution in [0.2, 0.25) is 0 Å². The molecule has 0 aliphatic heterocycles. The van der Waals surface area contributed by atoms with E-state index in [0.717, 1.165) is 25.7 Å². The molecule has 4 N–H and O–H groups in total. The molecule has 2 rings (SSSR count). The summed E-state index contributed by atoms with van der Waals surface area (Å²) < 4.78 is 5.11. The number of carbonyl (C=O) groups is 1. The molecule has 1 aliphatic rings. The van der Waals surface area contributed by atoms with Crippen molar-refractivity contribution >= 4 is 5.91 Å². The van der Waals surface area contributed by atoms with E-state index in [2.05, 4.69) is 5.32 Å². The zero-order valence-electron chi connectivity index (χ0n) is 10.4. The van der Waals surface area contributed by atoms with Gasteiger partial charge < -0.3 is 20.6 Å². The fourth-order valence-electron chi connectivity index (χ4n) is 2.36. The van der Waals surface area contributed by atoms with Crippen molar-refractivity contribution in [3.8, 4) is 0 Å². The molecule has 0 bridgehead atoms. The van der Waals surface area contributed by atoms with Gasteiger partial charge in [0.05, 0.1) is 18.2 Å². The highest BCUT2D eigenvalue weighted by Gasteiger charge is 2.23. The number of carbonyl (C=O) groups excluding carboxylic acids is 1. The molecule has 2 atom stereocenters. The van der Waals surface area contributed by atoms with Crippen LogP contribution < -0.4 is 11.1 Å². The van der Waals surface area contributed by atoms with Crippen molar-refractivity contribution in [1.29, 1.82) is 0 Å². The number of nitrogens with one attached hydrogen (secondary N) is 1. The lowest BCUT2D eigenvalue weighted by atomic mass is 9.86. The maximum Gasteiger partial charge on any atom is 0.254 e. The Balaban J connectivity index is 1.84. The largest absolute Gasteiger partial charge is 0.467 e. The Kier molecular flexibility index (Phi) is 4.38. The number of amides is 1.